The van der Waals surface area contributed by atoms with E-state index in [9.17, 15) is 13.2 Å². The first kappa shape index (κ1) is 29.4. The highest BCUT2D eigenvalue weighted by Gasteiger charge is 2.25. The van der Waals surface area contributed by atoms with E-state index in [4.69, 9.17) is 4.84 Å². The zero-order chi connectivity index (χ0) is 28.8. The lowest BCUT2D eigenvalue weighted by Gasteiger charge is -2.33. The number of fused-ring (bicyclic) bond motifs is 1. The van der Waals surface area contributed by atoms with E-state index >= 15 is 0 Å². The van der Waals surface area contributed by atoms with E-state index in [2.05, 4.69) is 45.8 Å². The van der Waals surface area contributed by atoms with Crippen molar-refractivity contribution in [2.45, 2.75) is 59.4 Å². The Hall–Kier alpha value is -3.62. The molecule has 6 nitrogen and oxygen atoms in total. The molecule has 2 atom stereocenters. The Kier molecular flexibility index (Phi) is 9.66. The van der Waals surface area contributed by atoms with Crippen LogP contribution >= 0.6 is 0 Å². The Morgan fingerprint density at radius 2 is 1.93 bits per heavy atom. The Bertz CT molecular complexity index is 1370. The monoisotopic (exact) mass is 553 g/mol. The molecule has 40 heavy (non-hydrogen) atoms. The lowest BCUT2D eigenvalue weighted by atomic mass is 9.92. The summed E-state index contributed by atoms with van der Waals surface area (Å²) >= 11 is 0. The molecule has 0 saturated carbocycles. The van der Waals surface area contributed by atoms with Crippen LogP contribution in [0.15, 0.2) is 54.2 Å². The van der Waals surface area contributed by atoms with Crippen molar-refractivity contribution in [1.82, 2.24) is 9.97 Å². The molecule has 2 aromatic carbocycles. The number of allylic oxidation sites excluding steroid dienone is 1. The smallest absolute Gasteiger partial charge is 0.146 e. The molecule has 1 aliphatic rings. The highest BCUT2D eigenvalue weighted by Crippen LogP contribution is 2.35. The molecule has 0 aliphatic carbocycles. The third kappa shape index (κ3) is 6.74. The molecule has 9 heteroatoms. The second kappa shape index (κ2) is 13.2. The Balaban J connectivity index is 1.53. The number of halogens is 3. The maximum absolute atomic E-state index is 14.9. The van der Waals surface area contributed by atoms with Crippen molar-refractivity contribution in [2.24, 2.45) is 17.0 Å². The average Bonchev–Trinajstić information content (AvgIpc) is 2.96. The number of nitrogens with one attached hydrogen (secondary N) is 1. The third-order valence-corrected chi connectivity index (χ3v) is 7.56. The molecule has 3 aromatic rings. The summed E-state index contributed by atoms with van der Waals surface area (Å²) in [7, 11) is 0. The van der Waals surface area contributed by atoms with E-state index in [1.165, 1.54) is 30.6 Å². The van der Waals surface area contributed by atoms with Crippen molar-refractivity contribution >= 4 is 28.1 Å². The number of benzene rings is 2. The number of alkyl halides is 1. The molecule has 1 saturated heterocycles. The van der Waals surface area contributed by atoms with Crippen LogP contribution in [0.5, 0.6) is 0 Å². The number of anilines is 2. The van der Waals surface area contributed by atoms with E-state index in [0.717, 1.165) is 31.4 Å². The summed E-state index contributed by atoms with van der Waals surface area (Å²) in [5, 5.41) is 7.72. The number of piperidine rings is 1. The third-order valence-electron chi connectivity index (χ3n) is 7.56. The van der Waals surface area contributed by atoms with Gasteiger partial charge in [0, 0.05) is 35.9 Å². The molecule has 2 unspecified atom stereocenters. The normalized spacial score (nSPS) is 16.2. The Morgan fingerprint density at radius 3 is 2.60 bits per heavy atom. The van der Waals surface area contributed by atoms with Crippen LogP contribution in [0.4, 0.5) is 24.7 Å². The topological polar surface area (TPSA) is 62.6 Å². The minimum Gasteiger partial charge on any atom is -0.378 e. The zero-order valence-electron chi connectivity index (χ0n) is 23.7. The molecular formula is C31H38F3N5O. The maximum atomic E-state index is 14.9. The van der Waals surface area contributed by atoms with Gasteiger partial charge < -0.3 is 15.1 Å². The van der Waals surface area contributed by atoms with Gasteiger partial charge in [0.25, 0.3) is 0 Å². The van der Waals surface area contributed by atoms with Gasteiger partial charge in [0.1, 0.15) is 36.2 Å². The van der Waals surface area contributed by atoms with E-state index in [0.29, 0.717) is 46.7 Å². The summed E-state index contributed by atoms with van der Waals surface area (Å²) in [5.74, 6) is 0.851. The first-order valence-corrected chi connectivity index (χ1v) is 13.9. The number of nitrogens with zero attached hydrogens (tertiary/aromatic N) is 4. The minimum atomic E-state index is -0.624. The van der Waals surface area contributed by atoms with Crippen LogP contribution in [0.25, 0.3) is 22.0 Å². The second-order valence-electron chi connectivity index (χ2n) is 10.7. The van der Waals surface area contributed by atoms with Gasteiger partial charge in [-0.3, -0.25) is 0 Å². The van der Waals surface area contributed by atoms with Crippen molar-refractivity contribution in [2.75, 3.05) is 30.0 Å². The van der Waals surface area contributed by atoms with E-state index in [-0.39, 0.29) is 17.5 Å². The van der Waals surface area contributed by atoms with Crippen LogP contribution in [-0.4, -0.2) is 41.5 Å². The SMILES string of the molecule is C=C(O/N=C(\C)C1CCN(c2ncnc3c(-c4ccc(NC(C)CF)c(F)c4)cc(F)cc23)CC1)C(C)CCC. The summed E-state index contributed by atoms with van der Waals surface area (Å²) in [6, 6.07) is 6.79. The number of aromatic nitrogens is 2. The van der Waals surface area contributed by atoms with Crippen LogP contribution in [0, 0.1) is 23.5 Å². The Morgan fingerprint density at radius 1 is 1.18 bits per heavy atom. The maximum Gasteiger partial charge on any atom is 0.146 e. The van der Waals surface area contributed by atoms with Gasteiger partial charge in [0.2, 0.25) is 0 Å². The van der Waals surface area contributed by atoms with Gasteiger partial charge in [-0.1, -0.05) is 38.1 Å². The van der Waals surface area contributed by atoms with Gasteiger partial charge in [-0.15, -0.1) is 0 Å². The van der Waals surface area contributed by atoms with Gasteiger partial charge in [0.15, 0.2) is 0 Å². The van der Waals surface area contributed by atoms with E-state index in [1.807, 2.05) is 6.92 Å². The van der Waals surface area contributed by atoms with Crippen molar-refractivity contribution in [1.29, 1.82) is 0 Å². The number of hydrogen-bond donors (Lipinski definition) is 1. The fourth-order valence-electron chi connectivity index (χ4n) is 5.09. The summed E-state index contributed by atoms with van der Waals surface area (Å²) in [6.45, 7) is 12.6. The minimum absolute atomic E-state index is 0.191. The lowest BCUT2D eigenvalue weighted by Crippen LogP contribution is -2.36. The molecule has 1 fully saturated rings. The average molecular weight is 554 g/mol. The van der Waals surface area contributed by atoms with Gasteiger partial charge in [-0.05, 0) is 62.9 Å². The van der Waals surface area contributed by atoms with Crippen molar-refractivity contribution in [3.63, 3.8) is 0 Å². The first-order chi connectivity index (χ1) is 19.2. The molecule has 1 N–H and O–H groups in total. The van der Waals surface area contributed by atoms with Crippen molar-refractivity contribution in [3.05, 3.63) is 60.6 Å². The summed E-state index contributed by atoms with van der Waals surface area (Å²) in [5.41, 5.74) is 2.61. The van der Waals surface area contributed by atoms with Gasteiger partial charge >= 0.3 is 0 Å². The predicted molar refractivity (Wildman–Crippen MR) is 156 cm³/mol. The second-order valence-corrected chi connectivity index (χ2v) is 10.7. The van der Waals surface area contributed by atoms with E-state index in [1.54, 1.807) is 13.0 Å². The largest absolute Gasteiger partial charge is 0.378 e. The highest BCUT2D eigenvalue weighted by atomic mass is 19.1. The van der Waals surface area contributed by atoms with Crippen molar-refractivity contribution < 1.29 is 18.0 Å². The highest BCUT2D eigenvalue weighted by molar-refractivity contribution is 5.99. The standard InChI is InChI=1S/C31H38F3N5O/c1-6-7-19(2)22(5)40-38-21(4)23-10-12-39(13-11-23)31-27-16-25(33)15-26(30(27)35-18-36-31)24-8-9-29(28(34)14-24)37-20(3)17-32/h8-9,14-16,18-20,23,37H,5-7,10-13,17H2,1-4H3/b38-21+. The van der Waals surface area contributed by atoms with Crippen LogP contribution in [0.3, 0.4) is 0 Å². The molecule has 2 heterocycles. The van der Waals surface area contributed by atoms with Gasteiger partial charge in [-0.25, -0.2) is 23.1 Å². The molecule has 4 rings (SSSR count). The molecule has 0 bridgehead atoms. The van der Waals surface area contributed by atoms with Gasteiger partial charge in [0.05, 0.1) is 23.0 Å². The van der Waals surface area contributed by atoms with Crippen LogP contribution in [-0.2, 0) is 4.84 Å². The summed E-state index contributed by atoms with van der Waals surface area (Å²) in [4.78, 5) is 16.7. The first-order valence-electron chi connectivity index (χ1n) is 13.9. The Labute approximate surface area is 234 Å². The quantitative estimate of drug-likeness (QED) is 0.149. The van der Waals surface area contributed by atoms with E-state index < -0.39 is 24.4 Å². The summed E-state index contributed by atoms with van der Waals surface area (Å²) in [6.07, 6.45) is 5.23. The summed E-state index contributed by atoms with van der Waals surface area (Å²) < 4.78 is 42.6. The predicted octanol–water partition coefficient (Wildman–Crippen LogP) is 7.90. The molecule has 214 valence electrons. The van der Waals surface area contributed by atoms with Crippen LogP contribution in [0.1, 0.15) is 53.4 Å². The molecular weight excluding hydrogens is 515 g/mol. The molecule has 1 aliphatic heterocycles. The lowest BCUT2D eigenvalue weighted by molar-refractivity contribution is 0.188. The fourth-order valence-corrected chi connectivity index (χ4v) is 5.09. The zero-order valence-corrected chi connectivity index (χ0v) is 23.7. The molecule has 0 spiro atoms. The number of hydrogen-bond acceptors (Lipinski definition) is 6. The molecule has 0 amide bonds. The fraction of sp³-hybridized carbons (Fsp3) is 0.452. The van der Waals surface area contributed by atoms with Gasteiger partial charge in [-0.2, -0.15) is 0 Å². The van der Waals surface area contributed by atoms with Crippen LogP contribution < -0.4 is 10.2 Å². The molecule has 0 radical (unpaired) electrons. The van der Waals surface area contributed by atoms with Crippen molar-refractivity contribution in [3.8, 4) is 11.1 Å². The number of oxime groups is 1. The molecule has 1 aromatic heterocycles. The number of rotatable bonds is 11. The van der Waals surface area contributed by atoms with Crippen LogP contribution in [0.2, 0.25) is 0 Å².